The summed E-state index contributed by atoms with van der Waals surface area (Å²) in [4.78, 5) is 4.29. The van der Waals surface area contributed by atoms with Gasteiger partial charge >= 0.3 is 0 Å². The zero-order valence-corrected chi connectivity index (χ0v) is 20.5. The summed E-state index contributed by atoms with van der Waals surface area (Å²) in [6, 6.07) is 16.1. The fourth-order valence-corrected chi connectivity index (χ4v) is 3.12. The number of hydrogen-bond donors (Lipinski definition) is 2. The number of halogens is 1. The first kappa shape index (κ1) is 24.5. The van der Waals surface area contributed by atoms with Gasteiger partial charge in [-0.2, -0.15) is 5.10 Å². The van der Waals surface area contributed by atoms with Gasteiger partial charge in [0.2, 0.25) is 0 Å². The average Bonchev–Trinajstić information content (AvgIpc) is 3.27. The number of methoxy groups -OCH3 is 2. The number of aliphatic imine (C=N–C) groups is 1. The van der Waals surface area contributed by atoms with Gasteiger partial charge in [-0.1, -0.05) is 24.3 Å². The van der Waals surface area contributed by atoms with Gasteiger partial charge in [0, 0.05) is 26.3 Å². The minimum atomic E-state index is 0. The highest BCUT2D eigenvalue weighted by Crippen LogP contribution is 2.27. The molecular weight excluding hydrogens is 505 g/mol. The smallest absolute Gasteiger partial charge is 0.190 e. The molecule has 0 spiro atoms. The standard InChI is InChI=1S/C23H29N5O2.HI/c1-24-23(25-13-11-18-9-10-21(29-2)22(15-18)30-3)26-14-12-19-16-27-28(17-19)20-7-5-4-6-8-20;/h4-10,15-17H,11-14H2,1-3H3,(H2,24,25,26);1H. The molecule has 31 heavy (non-hydrogen) atoms. The molecule has 7 nitrogen and oxygen atoms in total. The van der Waals surface area contributed by atoms with Gasteiger partial charge in [-0.25, -0.2) is 4.68 Å². The predicted molar refractivity (Wildman–Crippen MR) is 135 cm³/mol. The van der Waals surface area contributed by atoms with Crippen LogP contribution in [0.3, 0.4) is 0 Å². The first-order valence-electron chi connectivity index (χ1n) is 9.98. The van der Waals surface area contributed by atoms with Crippen molar-refractivity contribution in [3.63, 3.8) is 0 Å². The van der Waals surface area contributed by atoms with Gasteiger partial charge in [-0.05, 0) is 48.2 Å². The van der Waals surface area contributed by atoms with E-state index in [9.17, 15) is 0 Å². The number of rotatable bonds is 9. The summed E-state index contributed by atoms with van der Waals surface area (Å²) in [5.74, 6) is 2.27. The Kier molecular flexibility index (Phi) is 10.2. The zero-order chi connectivity index (χ0) is 21.2. The van der Waals surface area contributed by atoms with E-state index in [1.165, 1.54) is 11.1 Å². The van der Waals surface area contributed by atoms with Crippen molar-refractivity contribution in [2.24, 2.45) is 4.99 Å². The van der Waals surface area contributed by atoms with E-state index >= 15 is 0 Å². The molecule has 1 aromatic heterocycles. The Morgan fingerprint density at radius 3 is 2.26 bits per heavy atom. The molecule has 1 heterocycles. The van der Waals surface area contributed by atoms with E-state index in [1.807, 2.05) is 59.4 Å². The van der Waals surface area contributed by atoms with Crippen molar-refractivity contribution >= 4 is 29.9 Å². The fourth-order valence-electron chi connectivity index (χ4n) is 3.12. The maximum atomic E-state index is 5.36. The first-order valence-corrected chi connectivity index (χ1v) is 9.98. The lowest BCUT2D eigenvalue weighted by molar-refractivity contribution is 0.354. The van der Waals surface area contributed by atoms with Crippen LogP contribution in [-0.4, -0.2) is 50.1 Å². The Labute approximate surface area is 200 Å². The zero-order valence-electron chi connectivity index (χ0n) is 18.2. The highest BCUT2D eigenvalue weighted by molar-refractivity contribution is 14.0. The molecule has 0 aliphatic carbocycles. The summed E-state index contributed by atoms with van der Waals surface area (Å²) in [5, 5.41) is 11.1. The van der Waals surface area contributed by atoms with Crippen LogP contribution >= 0.6 is 24.0 Å². The molecule has 3 rings (SSSR count). The van der Waals surface area contributed by atoms with Crippen molar-refractivity contribution in [3.05, 3.63) is 72.1 Å². The molecule has 0 radical (unpaired) electrons. The molecule has 0 aliphatic heterocycles. The van der Waals surface area contributed by atoms with E-state index in [0.29, 0.717) is 0 Å². The number of hydrogen-bond acceptors (Lipinski definition) is 4. The van der Waals surface area contributed by atoms with Crippen LogP contribution in [0.4, 0.5) is 0 Å². The molecule has 2 N–H and O–H groups in total. The van der Waals surface area contributed by atoms with Crippen molar-refractivity contribution in [1.82, 2.24) is 20.4 Å². The van der Waals surface area contributed by atoms with Crippen LogP contribution in [0, 0.1) is 0 Å². The average molecular weight is 535 g/mol. The van der Waals surface area contributed by atoms with Gasteiger partial charge < -0.3 is 20.1 Å². The number of ether oxygens (including phenoxy) is 2. The molecule has 0 fully saturated rings. The minimum absolute atomic E-state index is 0. The molecule has 8 heteroatoms. The number of aromatic nitrogens is 2. The Morgan fingerprint density at radius 2 is 1.61 bits per heavy atom. The third-order valence-electron chi connectivity index (χ3n) is 4.74. The van der Waals surface area contributed by atoms with Gasteiger partial charge in [0.15, 0.2) is 17.5 Å². The Morgan fingerprint density at radius 1 is 0.935 bits per heavy atom. The third-order valence-corrected chi connectivity index (χ3v) is 4.74. The number of nitrogens with zero attached hydrogens (tertiary/aromatic N) is 3. The summed E-state index contributed by atoms with van der Waals surface area (Å²) in [7, 11) is 5.07. The van der Waals surface area contributed by atoms with E-state index in [2.05, 4.69) is 26.9 Å². The van der Waals surface area contributed by atoms with Crippen LogP contribution in [0.15, 0.2) is 65.9 Å². The van der Waals surface area contributed by atoms with Crippen LogP contribution < -0.4 is 20.1 Å². The van der Waals surface area contributed by atoms with Gasteiger partial charge in [-0.3, -0.25) is 4.99 Å². The molecule has 0 bridgehead atoms. The molecule has 0 amide bonds. The molecule has 2 aromatic carbocycles. The SMILES string of the molecule is CN=C(NCCc1ccc(OC)c(OC)c1)NCCc1cnn(-c2ccccc2)c1.I. The van der Waals surface area contributed by atoms with Crippen molar-refractivity contribution in [1.29, 1.82) is 0 Å². The van der Waals surface area contributed by atoms with Crippen molar-refractivity contribution in [2.75, 3.05) is 34.4 Å². The van der Waals surface area contributed by atoms with Crippen LogP contribution in [0.1, 0.15) is 11.1 Å². The summed E-state index contributed by atoms with van der Waals surface area (Å²) in [5.41, 5.74) is 3.40. The van der Waals surface area contributed by atoms with E-state index in [4.69, 9.17) is 9.47 Å². The van der Waals surface area contributed by atoms with Gasteiger partial charge in [0.1, 0.15) is 0 Å². The second-order valence-electron chi connectivity index (χ2n) is 6.74. The second-order valence-corrected chi connectivity index (χ2v) is 6.74. The van der Waals surface area contributed by atoms with Crippen molar-refractivity contribution in [3.8, 4) is 17.2 Å². The van der Waals surface area contributed by atoms with E-state index < -0.39 is 0 Å². The summed E-state index contributed by atoms with van der Waals surface area (Å²) < 4.78 is 12.5. The second kappa shape index (κ2) is 12.8. The lowest BCUT2D eigenvalue weighted by atomic mass is 10.1. The van der Waals surface area contributed by atoms with Crippen molar-refractivity contribution < 1.29 is 9.47 Å². The molecule has 0 saturated heterocycles. The van der Waals surface area contributed by atoms with Gasteiger partial charge in [0.25, 0.3) is 0 Å². The molecule has 0 atom stereocenters. The van der Waals surface area contributed by atoms with E-state index in [-0.39, 0.29) is 24.0 Å². The van der Waals surface area contributed by atoms with Crippen LogP contribution in [0.5, 0.6) is 11.5 Å². The normalized spacial score (nSPS) is 10.9. The number of guanidine groups is 1. The van der Waals surface area contributed by atoms with Gasteiger partial charge in [0.05, 0.1) is 26.1 Å². The lowest BCUT2D eigenvalue weighted by Crippen LogP contribution is -2.39. The molecule has 166 valence electrons. The first-order chi connectivity index (χ1) is 14.7. The van der Waals surface area contributed by atoms with Gasteiger partial charge in [-0.15, -0.1) is 24.0 Å². The number of nitrogens with one attached hydrogen (secondary N) is 2. The van der Waals surface area contributed by atoms with E-state index in [1.54, 1.807) is 21.3 Å². The summed E-state index contributed by atoms with van der Waals surface area (Å²) >= 11 is 0. The van der Waals surface area contributed by atoms with Crippen LogP contribution in [0.25, 0.3) is 5.69 Å². The van der Waals surface area contributed by atoms with Crippen LogP contribution in [0.2, 0.25) is 0 Å². The highest BCUT2D eigenvalue weighted by Gasteiger charge is 2.05. The predicted octanol–water partition coefficient (Wildman–Crippen LogP) is 3.46. The molecule has 3 aromatic rings. The maximum Gasteiger partial charge on any atom is 0.190 e. The topological polar surface area (TPSA) is 72.7 Å². The monoisotopic (exact) mass is 535 g/mol. The largest absolute Gasteiger partial charge is 0.493 e. The fraction of sp³-hybridized carbons (Fsp3) is 0.304. The minimum Gasteiger partial charge on any atom is -0.493 e. The Hall–Kier alpha value is -2.75. The van der Waals surface area contributed by atoms with E-state index in [0.717, 1.165) is 49.1 Å². The third kappa shape index (κ3) is 7.16. The molecule has 0 unspecified atom stereocenters. The summed E-state index contributed by atoms with van der Waals surface area (Å²) in [6.45, 7) is 1.54. The lowest BCUT2D eigenvalue weighted by Gasteiger charge is -2.13. The Bertz CT molecular complexity index is 960. The van der Waals surface area contributed by atoms with Crippen LogP contribution in [-0.2, 0) is 12.8 Å². The quantitative estimate of drug-likeness (QED) is 0.250. The molecule has 0 saturated carbocycles. The van der Waals surface area contributed by atoms with Crippen molar-refractivity contribution in [2.45, 2.75) is 12.8 Å². The number of benzene rings is 2. The summed E-state index contributed by atoms with van der Waals surface area (Å²) in [6.07, 6.45) is 5.68. The molecular formula is C23H30IN5O2. The highest BCUT2D eigenvalue weighted by atomic mass is 127. The molecule has 0 aliphatic rings. The Balaban J connectivity index is 0.00000341. The maximum absolute atomic E-state index is 5.36. The number of para-hydroxylation sites is 1.